The fraction of sp³-hybridized carbons (Fsp3) is 0.385. The minimum Gasteiger partial charge on any atom is -0.393 e. The molecule has 2 N–H and O–H groups in total. The average molecular weight is 395 g/mol. The van der Waals surface area contributed by atoms with Gasteiger partial charge in [-0.1, -0.05) is 73.8 Å². The van der Waals surface area contributed by atoms with Crippen molar-refractivity contribution in [3.8, 4) is 0 Å². The fourth-order valence-electron chi connectivity index (χ4n) is 3.49. The molecule has 2 unspecified atom stereocenters. The van der Waals surface area contributed by atoms with Gasteiger partial charge in [0, 0.05) is 13.2 Å². The third-order valence-electron chi connectivity index (χ3n) is 5.11. The molecule has 29 heavy (non-hydrogen) atoms. The maximum Gasteiger partial charge on any atom is 0.0581 e. The van der Waals surface area contributed by atoms with Gasteiger partial charge in [0.25, 0.3) is 0 Å². The van der Waals surface area contributed by atoms with Gasteiger partial charge in [-0.15, -0.1) is 0 Å². The molecule has 0 aromatic heterocycles. The second kappa shape index (κ2) is 13.1. The normalized spacial score (nSPS) is 13.0. The maximum atomic E-state index is 10.3. The zero-order valence-electron chi connectivity index (χ0n) is 17.3. The SMILES string of the molecule is C=Cc1ccccc1CC(O)CCCOCCCC(O)Cc1ccccc1C=C. The molecule has 0 saturated carbocycles. The first kappa shape index (κ1) is 23.1. The second-order valence-electron chi connectivity index (χ2n) is 7.42. The molecule has 3 heteroatoms. The van der Waals surface area contributed by atoms with Crippen molar-refractivity contribution < 1.29 is 14.9 Å². The van der Waals surface area contributed by atoms with E-state index in [9.17, 15) is 10.2 Å². The largest absolute Gasteiger partial charge is 0.393 e. The lowest BCUT2D eigenvalue weighted by Crippen LogP contribution is -2.14. The summed E-state index contributed by atoms with van der Waals surface area (Å²) >= 11 is 0. The van der Waals surface area contributed by atoms with Crippen molar-refractivity contribution in [2.45, 2.75) is 50.7 Å². The van der Waals surface area contributed by atoms with E-state index in [0.29, 0.717) is 38.9 Å². The maximum absolute atomic E-state index is 10.3. The summed E-state index contributed by atoms with van der Waals surface area (Å²) in [6, 6.07) is 16.0. The predicted octanol–water partition coefficient (Wildman–Crippen LogP) is 5.06. The highest BCUT2D eigenvalue weighted by Crippen LogP contribution is 2.15. The number of aliphatic hydroxyl groups is 2. The van der Waals surface area contributed by atoms with Crippen LogP contribution >= 0.6 is 0 Å². The van der Waals surface area contributed by atoms with Gasteiger partial charge in [-0.2, -0.15) is 0 Å². The number of hydrogen-bond acceptors (Lipinski definition) is 3. The summed E-state index contributed by atoms with van der Waals surface area (Å²) in [4.78, 5) is 0. The molecular formula is C26H34O3. The van der Waals surface area contributed by atoms with E-state index in [4.69, 9.17) is 4.74 Å². The van der Waals surface area contributed by atoms with Crippen LogP contribution < -0.4 is 0 Å². The van der Waals surface area contributed by atoms with E-state index in [1.165, 1.54) is 0 Å². The Kier molecular flexibility index (Phi) is 10.4. The minimum atomic E-state index is -0.369. The van der Waals surface area contributed by atoms with Gasteiger partial charge in [-0.05, 0) is 60.8 Å². The Morgan fingerprint density at radius 1 is 0.724 bits per heavy atom. The van der Waals surface area contributed by atoms with E-state index in [1.807, 2.05) is 60.7 Å². The fourth-order valence-corrected chi connectivity index (χ4v) is 3.49. The molecule has 0 fully saturated rings. The van der Waals surface area contributed by atoms with Crippen LogP contribution in [0.3, 0.4) is 0 Å². The Hall–Kier alpha value is -2.20. The number of rotatable bonds is 14. The molecule has 0 saturated heterocycles. The van der Waals surface area contributed by atoms with Gasteiger partial charge in [0.15, 0.2) is 0 Å². The molecule has 0 radical (unpaired) electrons. The molecule has 2 aromatic rings. The minimum absolute atomic E-state index is 0.369. The molecule has 2 aromatic carbocycles. The number of aliphatic hydroxyl groups excluding tert-OH is 2. The van der Waals surface area contributed by atoms with E-state index in [2.05, 4.69) is 13.2 Å². The van der Waals surface area contributed by atoms with Crippen LogP contribution in [0, 0.1) is 0 Å². The van der Waals surface area contributed by atoms with Gasteiger partial charge < -0.3 is 14.9 Å². The first-order valence-electron chi connectivity index (χ1n) is 10.5. The molecule has 3 nitrogen and oxygen atoms in total. The predicted molar refractivity (Wildman–Crippen MR) is 122 cm³/mol. The van der Waals surface area contributed by atoms with Crippen LogP contribution in [-0.4, -0.2) is 35.6 Å². The second-order valence-corrected chi connectivity index (χ2v) is 7.42. The molecule has 0 heterocycles. The van der Waals surface area contributed by atoms with Crippen LogP contribution in [-0.2, 0) is 17.6 Å². The molecule has 0 bridgehead atoms. The zero-order valence-corrected chi connectivity index (χ0v) is 17.3. The smallest absolute Gasteiger partial charge is 0.0581 e. The first-order valence-corrected chi connectivity index (χ1v) is 10.5. The highest BCUT2D eigenvalue weighted by molar-refractivity contribution is 5.52. The van der Waals surface area contributed by atoms with Crippen LogP contribution in [0.25, 0.3) is 12.2 Å². The summed E-state index contributed by atoms with van der Waals surface area (Å²) in [5.74, 6) is 0. The molecule has 2 rings (SSSR count). The molecule has 156 valence electrons. The van der Waals surface area contributed by atoms with Gasteiger partial charge in [0.05, 0.1) is 12.2 Å². The Labute approximate surface area is 175 Å². The van der Waals surface area contributed by atoms with Gasteiger partial charge in [-0.25, -0.2) is 0 Å². The molecule has 0 aliphatic heterocycles. The van der Waals surface area contributed by atoms with Crippen molar-refractivity contribution in [2.24, 2.45) is 0 Å². The summed E-state index contributed by atoms with van der Waals surface area (Å²) in [5.41, 5.74) is 4.42. The molecule has 2 atom stereocenters. The lowest BCUT2D eigenvalue weighted by Gasteiger charge is -2.14. The topological polar surface area (TPSA) is 49.7 Å². The van der Waals surface area contributed by atoms with Gasteiger partial charge in [0.2, 0.25) is 0 Å². The summed E-state index contributed by atoms with van der Waals surface area (Å²) in [6.07, 6.45) is 7.28. The third-order valence-corrected chi connectivity index (χ3v) is 5.11. The Morgan fingerprint density at radius 2 is 1.14 bits per heavy atom. The standard InChI is InChI=1S/C26H34O3/c1-3-21-11-5-7-13-23(21)19-25(27)15-9-17-29-18-10-16-26(28)20-24-14-8-6-12-22(24)4-2/h3-8,11-14,25-28H,1-2,9-10,15-20H2. The lowest BCUT2D eigenvalue weighted by molar-refractivity contribution is 0.0918. The molecule has 0 aliphatic carbocycles. The van der Waals surface area contributed by atoms with E-state index < -0.39 is 0 Å². The van der Waals surface area contributed by atoms with E-state index >= 15 is 0 Å². The monoisotopic (exact) mass is 394 g/mol. The number of benzene rings is 2. The average Bonchev–Trinajstić information content (AvgIpc) is 2.73. The molecular weight excluding hydrogens is 360 g/mol. The molecule has 0 aliphatic rings. The highest BCUT2D eigenvalue weighted by Gasteiger charge is 2.09. The van der Waals surface area contributed by atoms with E-state index in [0.717, 1.165) is 35.1 Å². The van der Waals surface area contributed by atoms with Crippen molar-refractivity contribution in [2.75, 3.05) is 13.2 Å². The lowest BCUT2D eigenvalue weighted by atomic mass is 9.99. The van der Waals surface area contributed by atoms with Crippen LogP contribution in [0.2, 0.25) is 0 Å². The van der Waals surface area contributed by atoms with Crippen LogP contribution in [0.5, 0.6) is 0 Å². The zero-order chi connectivity index (χ0) is 20.9. The van der Waals surface area contributed by atoms with Gasteiger partial charge >= 0.3 is 0 Å². The third kappa shape index (κ3) is 8.36. The van der Waals surface area contributed by atoms with Gasteiger partial charge in [0.1, 0.15) is 0 Å². The van der Waals surface area contributed by atoms with Gasteiger partial charge in [-0.3, -0.25) is 0 Å². The van der Waals surface area contributed by atoms with Crippen molar-refractivity contribution in [3.63, 3.8) is 0 Å². The van der Waals surface area contributed by atoms with Crippen molar-refractivity contribution >= 4 is 12.2 Å². The highest BCUT2D eigenvalue weighted by atomic mass is 16.5. The molecule has 0 amide bonds. The Morgan fingerprint density at radius 3 is 1.55 bits per heavy atom. The van der Waals surface area contributed by atoms with Crippen molar-refractivity contribution in [3.05, 3.63) is 83.9 Å². The number of ether oxygens (including phenoxy) is 1. The summed E-state index contributed by atoms with van der Waals surface area (Å²) in [5, 5.41) is 20.5. The summed E-state index contributed by atoms with van der Waals surface area (Å²) in [6.45, 7) is 8.92. The van der Waals surface area contributed by atoms with Crippen LogP contribution in [0.1, 0.15) is 47.9 Å². The quantitative estimate of drug-likeness (QED) is 0.441. The van der Waals surface area contributed by atoms with Crippen molar-refractivity contribution in [1.29, 1.82) is 0 Å². The van der Waals surface area contributed by atoms with Crippen LogP contribution in [0.4, 0.5) is 0 Å². The first-order chi connectivity index (χ1) is 14.1. The number of hydrogen-bond donors (Lipinski definition) is 2. The van der Waals surface area contributed by atoms with Crippen LogP contribution in [0.15, 0.2) is 61.7 Å². The van der Waals surface area contributed by atoms with Crippen molar-refractivity contribution in [1.82, 2.24) is 0 Å². The molecule has 0 spiro atoms. The van der Waals surface area contributed by atoms with E-state index in [-0.39, 0.29) is 12.2 Å². The summed E-state index contributed by atoms with van der Waals surface area (Å²) < 4.78 is 5.67. The van der Waals surface area contributed by atoms with E-state index in [1.54, 1.807) is 0 Å². The Bertz CT molecular complexity index is 690. The Balaban J connectivity index is 1.55. The summed E-state index contributed by atoms with van der Waals surface area (Å²) in [7, 11) is 0.